The van der Waals surface area contributed by atoms with Crippen LogP contribution in [0.3, 0.4) is 0 Å². The fraction of sp³-hybridized carbons (Fsp3) is 0.333. The van der Waals surface area contributed by atoms with Crippen LogP contribution in [0.2, 0.25) is 0 Å². The molecule has 0 heterocycles. The molecule has 21 heavy (non-hydrogen) atoms. The Bertz CT molecular complexity index is 590. The number of benzene rings is 2. The van der Waals surface area contributed by atoms with Gasteiger partial charge in [0.2, 0.25) is 0 Å². The van der Waals surface area contributed by atoms with Crippen molar-refractivity contribution in [3.05, 3.63) is 65.2 Å². The summed E-state index contributed by atoms with van der Waals surface area (Å²) in [6.07, 6.45) is 6.11. The molecule has 1 atom stereocenters. The number of thioether (sulfide) groups is 1. The fourth-order valence-electron chi connectivity index (χ4n) is 2.92. The van der Waals surface area contributed by atoms with Crippen molar-refractivity contribution in [3.63, 3.8) is 0 Å². The van der Waals surface area contributed by atoms with Crippen LogP contribution in [0.25, 0.3) is 0 Å². The molecule has 3 N–H and O–H groups in total. The van der Waals surface area contributed by atoms with Crippen LogP contribution < -0.4 is 11.3 Å². The molecule has 110 valence electrons. The molecule has 1 aliphatic carbocycles. The molecule has 1 fully saturated rings. The molecule has 2 nitrogen and oxygen atoms in total. The first-order valence-electron chi connectivity index (χ1n) is 7.51. The van der Waals surface area contributed by atoms with E-state index in [0.717, 1.165) is 5.92 Å². The lowest BCUT2D eigenvalue weighted by Crippen LogP contribution is -2.29. The summed E-state index contributed by atoms with van der Waals surface area (Å²) in [7, 11) is 0. The minimum Gasteiger partial charge on any atom is -0.271 e. The van der Waals surface area contributed by atoms with E-state index in [1.807, 2.05) is 0 Å². The van der Waals surface area contributed by atoms with E-state index >= 15 is 0 Å². The summed E-state index contributed by atoms with van der Waals surface area (Å²) in [5, 5.41) is 0. The van der Waals surface area contributed by atoms with Crippen LogP contribution in [0.1, 0.15) is 47.9 Å². The lowest BCUT2D eigenvalue weighted by Gasteiger charge is -2.27. The summed E-state index contributed by atoms with van der Waals surface area (Å²) in [5.41, 5.74) is 6.88. The summed E-state index contributed by atoms with van der Waals surface area (Å²) in [4.78, 5) is 1.28. The molecule has 3 rings (SSSR count). The highest BCUT2D eigenvalue weighted by Gasteiger charge is 2.21. The first-order chi connectivity index (χ1) is 10.3. The van der Waals surface area contributed by atoms with Crippen LogP contribution in [0.15, 0.2) is 53.4 Å². The third kappa shape index (κ3) is 3.15. The van der Waals surface area contributed by atoms with E-state index in [4.69, 9.17) is 5.84 Å². The lowest BCUT2D eigenvalue weighted by atomic mass is 9.79. The molecule has 0 spiro atoms. The molecule has 3 heteroatoms. The van der Waals surface area contributed by atoms with Gasteiger partial charge in [-0.05, 0) is 53.8 Å². The molecule has 0 bridgehead atoms. The Morgan fingerprint density at radius 1 is 1.10 bits per heavy atom. The number of hydrazine groups is 1. The van der Waals surface area contributed by atoms with Gasteiger partial charge < -0.3 is 0 Å². The van der Waals surface area contributed by atoms with Crippen molar-refractivity contribution in [2.45, 2.75) is 36.1 Å². The van der Waals surface area contributed by atoms with Crippen molar-refractivity contribution in [1.29, 1.82) is 0 Å². The molecule has 0 aromatic heterocycles. The second-order valence-electron chi connectivity index (χ2n) is 5.67. The first-order valence-corrected chi connectivity index (χ1v) is 8.74. The number of nitrogens with two attached hydrogens (primary N) is 1. The highest BCUT2D eigenvalue weighted by atomic mass is 32.2. The van der Waals surface area contributed by atoms with Gasteiger partial charge in [0, 0.05) is 4.90 Å². The maximum Gasteiger partial charge on any atom is 0.0710 e. The molecule has 1 saturated carbocycles. The number of hydrogen-bond acceptors (Lipinski definition) is 3. The Morgan fingerprint density at radius 3 is 2.43 bits per heavy atom. The predicted octanol–water partition coefficient (Wildman–Crippen LogP) is 4.23. The zero-order valence-corrected chi connectivity index (χ0v) is 13.2. The zero-order valence-electron chi connectivity index (χ0n) is 12.4. The van der Waals surface area contributed by atoms with Gasteiger partial charge in [-0.15, -0.1) is 11.8 Å². The monoisotopic (exact) mass is 298 g/mol. The van der Waals surface area contributed by atoms with E-state index in [9.17, 15) is 0 Å². The first kappa shape index (κ1) is 14.6. The molecular formula is C18H22N2S. The quantitative estimate of drug-likeness (QED) is 0.493. The molecule has 2 aromatic rings. The van der Waals surface area contributed by atoms with Gasteiger partial charge in [0.15, 0.2) is 0 Å². The van der Waals surface area contributed by atoms with E-state index in [0.29, 0.717) is 0 Å². The van der Waals surface area contributed by atoms with Gasteiger partial charge in [-0.25, -0.2) is 5.43 Å². The van der Waals surface area contributed by atoms with E-state index in [1.54, 1.807) is 11.8 Å². The maximum absolute atomic E-state index is 5.82. The second kappa shape index (κ2) is 6.65. The van der Waals surface area contributed by atoms with Gasteiger partial charge in [-0.3, -0.25) is 5.84 Å². The van der Waals surface area contributed by atoms with Gasteiger partial charge in [-0.1, -0.05) is 42.8 Å². The number of nitrogens with one attached hydrogen (secondary N) is 1. The Kier molecular flexibility index (Phi) is 4.63. The van der Waals surface area contributed by atoms with Crippen LogP contribution in [-0.2, 0) is 0 Å². The minimum atomic E-state index is 0.0564. The average Bonchev–Trinajstić information content (AvgIpc) is 2.47. The molecule has 0 amide bonds. The summed E-state index contributed by atoms with van der Waals surface area (Å²) in [5.74, 6) is 6.58. The number of hydrogen-bond donors (Lipinski definition) is 2. The van der Waals surface area contributed by atoms with Gasteiger partial charge in [-0.2, -0.15) is 0 Å². The van der Waals surface area contributed by atoms with Gasteiger partial charge >= 0.3 is 0 Å². The van der Waals surface area contributed by atoms with E-state index in [-0.39, 0.29) is 6.04 Å². The Hall–Kier alpha value is -1.29. The minimum absolute atomic E-state index is 0.0564. The molecular weight excluding hydrogens is 276 g/mol. The van der Waals surface area contributed by atoms with Crippen molar-refractivity contribution in [2.75, 3.05) is 6.26 Å². The van der Waals surface area contributed by atoms with Crippen LogP contribution in [0, 0.1) is 0 Å². The van der Waals surface area contributed by atoms with Crippen LogP contribution in [0.5, 0.6) is 0 Å². The highest BCUT2D eigenvalue weighted by Crippen LogP contribution is 2.37. The Morgan fingerprint density at radius 2 is 1.86 bits per heavy atom. The van der Waals surface area contributed by atoms with Crippen LogP contribution in [0.4, 0.5) is 0 Å². The summed E-state index contributed by atoms with van der Waals surface area (Å²) >= 11 is 1.76. The molecule has 2 aromatic carbocycles. The zero-order chi connectivity index (χ0) is 14.7. The van der Waals surface area contributed by atoms with E-state index in [2.05, 4.69) is 60.2 Å². The molecule has 0 saturated heterocycles. The van der Waals surface area contributed by atoms with Crippen LogP contribution in [-0.4, -0.2) is 6.26 Å². The van der Waals surface area contributed by atoms with E-state index in [1.165, 1.54) is 40.8 Å². The summed E-state index contributed by atoms with van der Waals surface area (Å²) in [6, 6.07) is 17.6. The normalized spacial score (nSPS) is 16.5. The van der Waals surface area contributed by atoms with Crippen molar-refractivity contribution < 1.29 is 0 Å². The lowest BCUT2D eigenvalue weighted by molar-refractivity contribution is 0.419. The van der Waals surface area contributed by atoms with E-state index < -0.39 is 0 Å². The van der Waals surface area contributed by atoms with Gasteiger partial charge in [0.1, 0.15) is 0 Å². The average molecular weight is 298 g/mol. The topological polar surface area (TPSA) is 38.0 Å². The molecule has 0 radical (unpaired) electrons. The Balaban J connectivity index is 1.87. The smallest absolute Gasteiger partial charge is 0.0710 e. The maximum atomic E-state index is 5.82. The standard InChI is InChI=1S/C18H22N2S/c1-21-17-10-8-14(9-11-17)18(20-19)16-7-3-6-15(12-16)13-4-2-5-13/h3,6-13,18,20H,2,4-5,19H2,1H3. The number of rotatable bonds is 5. The third-order valence-corrected chi connectivity index (χ3v) is 5.18. The fourth-order valence-corrected chi connectivity index (χ4v) is 3.32. The van der Waals surface area contributed by atoms with Gasteiger partial charge in [0.05, 0.1) is 6.04 Å². The van der Waals surface area contributed by atoms with Crippen LogP contribution >= 0.6 is 11.8 Å². The summed E-state index contributed by atoms with van der Waals surface area (Å²) in [6.45, 7) is 0. The highest BCUT2D eigenvalue weighted by molar-refractivity contribution is 7.98. The van der Waals surface area contributed by atoms with Crippen molar-refractivity contribution in [1.82, 2.24) is 5.43 Å². The van der Waals surface area contributed by atoms with Gasteiger partial charge in [0.25, 0.3) is 0 Å². The van der Waals surface area contributed by atoms with Crippen molar-refractivity contribution in [3.8, 4) is 0 Å². The largest absolute Gasteiger partial charge is 0.271 e. The van der Waals surface area contributed by atoms with Crippen molar-refractivity contribution in [2.24, 2.45) is 5.84 Å². The van der Waals surface area contributed by atoms with Crippen molar-refractivity contribution >= 4 is 11.8 Å². The Labute approximate surface area is 131 Å². The summed E-state index contributed by atoms with van der Waals surface area (Å²) < 4.78 is 0. The molecule has 1 unspecified atom stereocenters. The SMILES string of the molecule is CSc1ccc(C(NN)c2cccc(C3CCC3)c2)cc1. The third-order valence-electron chi connectivity index (χ3n) is 4.44. The predicted molar refractivity (Wildman–Crippen MR) is 90.4 cm³/mol. The second-order valence-corrected chi connectivity index (χ2v) is 6.55. The molecule has 1 aliphatic rings. The molecule has 0 aliphatic heterocycles.